The second kappa shape index (κ2) is 7.19. The highest BCUT2D eigenvalue weighted by molar-refractivity contribution is 5.77. The summed E-state index contributed by atoms with van der Waals surface area (Å²) in [5, 5.41) is 0. The number of aryl methyl sites for hydroxylation is 1. The molecule has 0 radical (unpaired) electrons. The lowest BCUT2D eigenvalue weighted by Gasteiger charge is -2.43. The first-order valence-corrected chi connectivity index (χ1v) is 8.70. The van der Waals surface area contributed by atoms with Crippen LogP contribution in [0.1, 0.15) is 37.7 Å². The Hall–Kier alpha value is -1.46. The molecule has 0 spiro atoms. The molecule has 1 heterocycles. The summed E-state index contributed by atoms with van der Waals surface area (Å²) >= 11 is 0. The van der Waals surface area contributed by atoms with Crippen molar-refractivity contribution in [3.05, 3.63) is 35.6 Å². The van der Waals surface area contributed by atoms with Crippen molar-refractivity contribution in [2.45, 2.75) is 56.3 Å². The van der Waals surface area contributed by atoms with E-state index in [-0.39, 0.29) is 29.5 Å². The van der Waals surface area contributed by atoms with E-state index < -0.39 is 0 Å². The van der Waals surface area contributed by atoms with Crippen LogP contribution in [0.3, 0.4) is 0 Å². The second-order valence-electron chi connectivity index (χ2n) is 6.85. The number of hydrogen-bond donors (Lipinski definition) is 0. The minimum Gasteiger partial charge on any atom is -0.381 e. The van der Waals surface area contributed by atoms with E-state index >= 15 is 0 Å². The molecule has 5 heteroatoms. The van der Waals surface area contributed by atoms with Crippen molar-refractivity contribution in [1.29, 1.82) is 0 Å². The monoisotopic (exact) mass is 335 g/mol. The number of likely N-dealkylation sites (tertiary alicyclic amines) is 1. The zero-order valence-electron chi connectivity index (χ0n) is 14.5. The normalized spacial score (nSPS) is 29.5. The molecule has 1 aliphatic heterocycles. The Labute approximate surface area is 142 Å². The molecule has 1 saturated heterocycles. The van der Waals surface area contributed by atoms with Crippen LogP contribution < -0.4 is 0 Å². The molecule has 4 nitrogen and oxygen atoms in total. The van der Waals surface area contributed by atoms with E-state index in [1.165, 1.54) is 6.07 Å². The summed E-state index contributed by atoms with van der Waals surface area (Å²) in [6.07, 6.45) is 4.52. The maximum Gasteiger partial charge on any atom is 0.223 e. The fraction of sp³-hybridized carbons (Fsp3) is 0.632. The van der Waals surface area contributed by atoms with Gasteiger partial charge < -0.3 is 14.4 Å². The third-order valence-corrected chi connectivity index (χ3v) is 5.76. The van der Waals surface area contributed by atoms with Gasteiger partial charge in [0.2, 0.25) is 5.91 Å². The van der Waals surface area contributed by atoms with Crippen LogP contribution in [0.4, 0.5) is 4.39 Å². The van der Waals surface area contributed by atoms with Crippen molar-refractivity contribution in [1.82, 2.24) is 4.90 Å². The zero-order valence-corrected chi connectivity index (χ0v) is 14.5. The number of fused-ring (bicyclic) bond motifs is 1. The van der Waals surface area contributed by atoms with Crippen molar-refractivity contribution in [2.24, 2.45) is 0 Å². The van der Waals surface area contributed by atoms with Gasteiger partial charge in [-0.25, -0.2) is 4.39 Å². The van der Waals surface area contributed by atoms with Crippen LogP contribution in [0.5, 0.6) is 0 Å². The van der Waals surface area contributed by atoms with E-state index in [1.54, 1.807) is 32.4 Å². The lowest BCUT2D eigenvalue weighted by Crippen LogP contribution is -2.53. The topological polar surface area (TPSA) is 38.8 Å². The summed E-state index contributed by atoms with van der Waals surface area (Å²) in [5.41, 5.74) is 0.365. The number of nitrogens with zero attached hydrogens (tertiary/aromatic N) is 1. The number of amides is 1. The van der Waals surface area contributed by atoms with Gasteiger partial charge in [-0.05, 0) is 43.7 Å². The molecule has 1 saturated carbocycles. The molecule has 0 bridgehead atoms. The van der Waals surface area contributed by atoms with Gasteiger partial charge in [0.1, 0.15) is 5.82 Å². The first kappa shape index (κ1) is 17.4. The third-order valence-electron chi connectivity index (χ3n) is 5.76. The first-order chi connectivity index (χ1) is 11.6. The lowest BCUT2D eigenvalue weighted by atomic mass is 9.79. The van der Waals surface area contributed by atoms with Gasteiger partial charge in [0, 0.05) is 27.2 Å². The van der Waals surface area contributed by atoms with Crippen molar-refractivity contribution >= 4 is 5.91 Å². The smallest absolute Gasteiger partial charge is 0.223 e. The number of carbonyl (C=O) groups is 1. The molecule has 0 aromatic heterocycles. The summed E-state index contributed by atoms with van der Waals surface area (Å²) < 4.78 is 25.1. The van der Waals surface area contributed by atoms with E-state index in [4.69, 9.17) is 9.47 Å². The minimum absolute atomic E-state index is 0.0642. The average Bonchev–Trinajstić information content (AvgIpc) is 3.00. The Morgan fingerprint density at radius 2 is 2.12 bits per heavy atom. The standard InChI is InChI=1S/C19H26FNO3/c1-23-15-9-10-19(24-2)11-12-21(17(19)13-15)18(22)8-7-14-5-3-4-6-16(14)20/h3-6,15,17H,7-13H2,1-2H3/t15-,17+,19-/m0/s1. The highest BCUT2D eigenvalue weighted by atomic mass is 19.1. The van der Waals surface area contributed by atoms with E-state index in [0.29, 0.717) is 24.9 Å². The fourth-order valence-electron chi connectivity index (χ4n) is 4.26. The zero-order chi connectivity index (χ0) is 17.2. The van der Waals surface area contributed by atoms with E-state index in [0.717, 1.165) is 25.7 Å². The van der Waals surface area contributed by atoms with Crippen LogP contribution in [0, 0.1) is 5.82 Å². The van der Waals surface area contributed by atoms with Crippen LogP contribution in [0.15, 0.2) is 24.3 Å². The van der Waals surface area contributed by atoms with Crippen molar-refractivity contribution in [2.75, 3.05) is 20.8 Å². The summed E-state index contributed by atoms with van der Waals surface area (Å²) in [4.78, 5) is 14.7. The SMILES string of the molecule is CO[C@H]1CC[C@]2(OC)CCN(C(=O)CCc3ccccc3F)[C@@H]2C1. The molecule has 2 fully saturated rings. The molecule has 0 N–H and O–H groups in total. The molecule has 1 aromatic rings. The van der Waals surface area contributed by atoms with Gasteiger partial charge in [0.15, 0.2) is 0 Å². The number of halogens is 1. The second-order valence-corrected chi connectivity index (χ2v) is 6.85. The lowest BCUT2D eigenvalue weighted by molar-refractivity contribution is -0.140. The minimum atomic E-state index is -0.241. The van der Waals surface area contributed by atoms with Gasteiger partial charge in [-0.15, -0.1) is 0 Å². The third kappa shape index (κ3) is 3.20. The first-order valence-electron chi connectivity index (χ1n) is 8.70. The van der Waals surface area contributed by atoms with E-state index in [2.05, 4.69) is 0 Å². The molecule has 2 aliphatic rings. The maximum absolute atomic E-state index is 13.7. The number of methoxy groups -OCH3 is 2. The van der Waals surface area contributed by atoms with Gasteiger partial charge in [-0.3, -0.25) is 4.79 Å². The van der Waals surface area contributed by atoms with E-state index in [9.17, 15) is 9.18 Å². The Kier molecular flexibility index (Phi) is 5.21. The molecule has 1 aliphatic carbocycles. The van der Waals surface area contributed by atoms with Crippen molar-refractivity contribution in [3.63, 3.8) is 0 Å². The Morgan fingerprint density at radius 3 is 2.83 bits per heavy atom. The summed E-state index contributed by atoms with van der Waals surface area (Å²) in [7, 11) is 3.47. The molecule has 24 heavy (non-hydrogen) atoms. The number of hydrogen-bond acceptors (Lipinski definition) is 3. The Bertz CT molecular complexity index is 594. The van der Waals surface area contributed by atoms with Gasteiger partial charge in [-0.2, -0.15) is 0 Å². The van der Waals surface area contributed by atoms with Crippen LogP contribution in [-0.2, 0) is 20.7 Å². The molecule has 3 rings (SSSR count). The number of carbonyl (C=O) groups excluding carboxylic acids is 1. The molecule has 3 atom stereocenters. The summed E-state index contributed by atoms with van der Waals surface area (Å²) in [6, 6.07) is 6.72. The van der Waals surface area contributed by atoms with Crippen LogP contribution >= 0.6 is 0 Å². The highest BCUT2D eigenvalue weighted by Crippen LogP contribution is 2.43. The largest absolute Gasteiger partial charge is 0.381 e. The van der Waals surface area contributed by atoms with Crippen LogP contribution in [0.25, 0.3) is 0 Å². The molecule has 132 valence electrons. The summed E-state index contributed by atoms with van der Waals surface area (Å²) in [5.74, 6) is -0.158. The molecule has 1 amide bonds. The van der Waals surface area contributed by atoms with Gasteiger partial charge in [0.25, 0.3) is 0 Å². The average molecular weight is 335 g/mol. The molecule has 1 aromatic carbocycles. The Morgan fingerprint density at radius 1 is 1.33 bits per heavy atom. The van der Waals surface area contributed by atoms with Gasteiger partial charge >= 0.3 is 0 Å². The predicted octanol–water partition coefficient (Wildman–Crippen LogP) is 2.94. The fourth-order valence-corrected chi connectivity index (χ4v) is 4.26. The Balaban J connectivity index is 1.67. The van der Waals surface area contributed by atoms with Crippen LogP contribution in [-0.4, -0.2) is 49.3 Å². The highest BCUT2D eigenvalue weighted by Gasteiger charge is 2.52. The molecule has 0 unspecified atom stereocenters. The maximum atomic E-state index is 13.7. The van der Waals surface area contributed by atoms with Gasteiger partial charge in [0.05, 0.1) is 17.7 Å². The quantitative estimate of drug-likeness (QED) is 0.830. The van der Waals surface area contributed by atoms with Gasteiger partial charge in [-0.1, -0.05) is 18.2 Å². The number of benzene rings is 1. The van der Waals surface area contributed by atoms with Crippen molar-refractivity contribution < 1.29 is 18.7 Å². The summed E-state index contributed by atoms with van der Waals surface area (Å²) in [6.45, 7) is 0.713. The van der Waals surface area contributed by atoms with Crippen LogP contribution in [0.2, 0.25) is 0 Å². The number of rotatable bonds is 5. The van der Waals surface area contributed by atoms with Crippen molar-refractivity contribution in [3.8, 4) is 0 Å². The predicted molar refractivity (Wildman–Crippen MR) is 89.2 cm³/mol. The van der Waals surface area contributed by atoms with E-state index in [1.807, 2.05) is 4.90 Å². The molecular weight excluding hydrogens is 309 g/mol. The number of ether oxygens (including phenoxy) is 2. The molecular formula is C19H26FNO3.